The first kappa shape index (κ1) is 25.7. The third-order valence-electron chi connectivity index (χ3n) is 8.66. The van der Waals surface area contributed by atoms with Crippen LogP contribution in [0.5, 0.6) is 0 Å². The zero-order valence-electron chi connectivity index (χ0n) is 22.8. The molecule has 2 aliphatic rings. The smallest absolute Gasteiger partial charge is 0.0450 e. The van der Waals surface area contributed by atoms with Gasteiger partial charge in [0.15, 0.2) is 0 Å². The van der Waals surface area contributed by atoms with Gasteiger partial charge in [0, 0.05) is 18.7 Å². The third kappa shape index (κ3) is 5.88. The van der Waals surface area contributed by atoms with E-state index in [-0.39, 0.29) is 0 Å². The highest BCUT2D eigenvalue weighted by Crippen LogP contribution is 2.36. The monoisotopic (exact) mass is 467 g/mol. The van der Waals surface area contributed by atoms with Crippen LogP contribution in [0.4, 0.5) is 0 Å². The molecule has 2 aromatic rings. The molecule has 4 rings (SSSR count). The van der Waals surface area contributed by atoms with Crippen molar-refractivity contribution in [1.82, 2.24) is 0 Å². The second-order valence-corrected chi connectivity index (χ2v) is 11.1. The fourth-order valence-electron chi connectivity index (χ4n) is 6.60. The molecule has 0 atom stereocenters. The van der Waals surface area contributed by atoms with Gasteiger partial charge in [0.2, 0.25) is 0 Å². The maximum absolute atomic E-state index is 4.77. The van der Waals surface area contributed by atoms with Gasteiger partial charge in [0.1, 0.15) is 0 Å². The molecule has 0 aliphatic heterocycles. The minimum Gasteiger partial charge on any atom is -0.292 e. The third-order valence-corrected chi connectivity index (χ3v) is 8.66. The Morgan fingerprint density at radius 2 is 1.77 bits per heavy atom. The van der Waals surface area contributed by atoms with Crippen LogP contribution in [-0.2, 0) is 12.8 Å². The van der Waals surface area contributed by atoms with Crippen molar-refractivity contribution < 1.29 is 0 Å². The molecule has 0 amide bonds. The first-order valence-electron chi connectivity index (χ1n) is 14.0. The van der Waals surface area contributed by atoms with Crippen LogP contribution in [0, 0.1) is 32.6 Å². The van der Waals surface area contributed by atoms with Crippen molar-refractivity contribution in [2.75, 3.05) is 7.05 Å². The molecule has 0 spiro atoms. The maximum Gasteiger partial charge on any atom is 0.0450 e. The minimum atomic E-state index is 0.632. The molecule has 1 heteroatoms. The summed E-state index contributed by atoms with van der Waals surface area (Å²) in [5.74, 6) is 1.53. The highest BCUT2D eigenvalue weighted by Gasteiger charge is 2.26. The number of nitrogens with zero attached hydrogens (tertiary/aromatic N) is 1. The molecular weight excluding hydrogens is 422 g/mol. The number of aliphatic imine (C=N–C) groups is 1. The Hall–Kier alpha value is -2.41. The summed E-state index contributed by atoms with van der Waals surface area (Å²) in [4.78, 5) is 4.77. The predicted molar refractivity (Wildman–Crippen MR) is 154 cm³/mol. The molecular formula is C34H45N. The second-order valence-electron chi connectivity index (χ2n) is 11.1. The number of rotatable bonds is 8. The van der Waals surface area contributed by atoms with Crippen LogP contribution in [0.2, 0.25) is 0 Å². The standard InChI is InChI=1S/C34H45N/c1-7-28-21-24(3)22-33-26(5)29(17-19-32(28)33)11-9-8-10-27-13-15-30(16-14-27)34(35-6)31-18-12-23(2)20-25(31)4/h12,17-21,27,30H,3,7-11,13-16,22H2,1-2,4-6H3. The first-order valence-corrected chi connectivity index (χ1v) is 14.0. The van der Waals surface area contributed by atoms with Gasteiger partial charge in [-0.1, -0.05) is 73.9 Å². The normalized spacial score (nSPS) is 20.5. The summed E-state index contributed by atoms with van der Waals surface area (Å²) < 4.78 is 0. The molecule has 186 valence electrons. The quantitative estimate of drug-likeness (QED) is 0.271. The van der Waals surface area contributed by atoms with Gasteiger partial charge in [-0.15, -0.1) is 0 Å². The lowest BCUT2D eigenvalue weighted by Gasteiger charge is -2.30. The van der Waals surface area contributed by atoms with Crippen molar-refractivity contribution in [2.45, 2.75) is 91.9 Å². The number of allylic oxidation sites excluding steroid dienone is 3. The SMILES string of the molecule is C=C1C=C(CC)c2ccc(CCCCC3CCC(C(=NC)c4ccc(C)cc4C)CC3)c(C)c2C1. The van der Waals surface area contributed by atoms with Crippen LogP contribution < -0.4 is 0 Å². The molecule has 0 unspecified atom stereocenters. The maximum atomic E-state index is 4.77. The van der Waals surface area contributed by atoms with Crippen LogP contribution in [-0.4, -0.2) is 12.8 Å². The van der Waals surface area contributed by atoms with Crippen LogP contribution in [0.25, 0.3) is 5.57 Å². The Morgan fingerprint density at radius 3 is 2.46 bits per heavy atom. The number of aryl methyl sites for hydroxylation is 3. The highest BCUT2D eigenvalue weighted by molar-refractivity contribution is 6.03. The van der Waals surface area contributed by atoms with E-state index in [0.29, 0.717) is 5.92 Å². The average Bonchev–Trinajstić information content (AvgIpc) is 2.85. The van der Waals surface area contributed by atoms with E-state index in [0.717, 1.165) is 18.8 Å². The highest BCUT2D eigenvalue weighted by atomic mass is 14.7. The van der Waals surface area contributed by atoms with Crippen molar-refractivity contribution >= 4 is 11.3 Å². The number of fused-ring (bicyclic) bond motifs is 1. The van der Waals surface area contributed by atoms with Gasteiger partial charge in [-0.25, -0.2) is 0 Å². The number of unbranched alkanes of at least 4 members (excludes halogenated alkanes) is 1. The van der Waals surface area contributed by atoms with E-state index in [1.807, 2.05) is 7.05 Å². The van der Waals surface area contributed by atoms with Crippen molar-refractivity contribution in [3.05, 3.63) is 87.5 Å². The molecule has 2 aliphatic carbocycles. The Kier molecular flexibility index (Phi) is 8.47. The van der Waals surface area contributed by atoms with Gasteiger partial charge >= 0.3 is 0 Å². The lowest BCUT2D eigenvalue weighted by molar-refractivity contribution is 0.299. The molecule has 2 aromatic carbocycles. The first-order chi connectivity index (χ1) is 16.9. The topological polar surface area (TPSA) is 12.4 Å². The molecule has 0 bridgehead atoms. The molecule has 1 fully saturated rings. The lowest BCUT2D eigenvalue weighted by Crippen LogP contribution is -2.23. The van der Waals surface area contributed by atoms with E-state index in [4.69, 9.17) is 4.99 Å². The molecule has 0 saturated heterocycles. The Morgan fingerprint density at radius 1 is 1.00 bits per heavy atom. The van der Waals surface area contributed by atoms with Gasteiger partial charge < -0.3 is 0 Å². The summed E-state index contributed by atoms with van der Waals surface area (Å²) in [7, 11) is 1.98. The fourth-order valence-corrected chi connectivity index (χ4v) is 6.60. The van der Waals surface area contributed by atoms with Crippen LogP contribution in [0.3, 0.4) is 0 Å². The summed E-state index contributed by atoms with van der Waals surface area (Å²) in [5.41, 5.74) is 14.2. The molecule has 0 radical (unpaired) electrons. The van der Waals surface area contributed by atoms with E-state index >= 15 is 0 Å². The summed E-state index contributed by atoms with van der Waals surface area (Å²) >= 11 is 0. The van der Waals surface area contributed by atoms with Gasteiger partial charge in [0.25, 0.3) is 0 Å². The Bertz CT molecular complexity index is 1120. The van der Waals surface area contributed by atoms with Crippen LogP contribution >= 0.6 is 0 Å². The largest absolute Gasteiger partial charge is 0.292 e. The fraction of sp³-hybridized carbons (Fsp3) is 0.500. The van der Waals surface area contributed by atoms with Crippen molar-refractivity contribution in [1.29, 1.82) is 0 Å². The van der Waals surface area contributed by atoms with E-state index in [2.05, 4.69) is 70.7 Å². The summed E-state index contributed by atoms with van der Waals surface area (Å²) in [6, 6.07) is 11.6. The molecule has 1 saturated carbocycles. The average molecular weight is 468 g/mol. The Balaban J connectivity index is 1.26. The predicted octanol–water partition coefficient (Wildman–Crippen LogP) is 9.16. The van der Waals surface area contributed by atoms with E-state index in [9.17, 15) is 0 Å². The summed E-state index contributed by atoms with van der Waals surface area (Å²) in [5, 5.41) is 0. The molecule has 0 heterocycles. The van der Waals surface area contributed by atoms with E-state index in [1.165, 1.54) is 102 Å². The number of hydrogen-bond donors (Lipinski definition) is 0. The number of benzene rings is 2. The molecule has 35 heavy (non-hydrogen) atoms. The zero-order valence-corrected chi connectivity index (χ0v) is 22.8. The molecule has 1 nitrogen and oxygen atoms in total. The van der Waals surface area contributed by atoms with Crippen LogP contribution in [0.15, 0.2) is 53.6 Å². The Labute approximate surface area is 214 Å². The second kappa shape index (κ2) is 11.5. The van der Waals surface area contributed by atoms with Crippen molar-refractivity contribution in [3.63, 3.8) is 0 Å². The molecule has 0 N–H and O–H groups in total. The van der Waals surface area contributed by atoms with Gasteiger partial charge in [-0.2, -0.15) is 0 Å². The number of hydrogen-bond acceptors (Lipinski definition) is 1. The minimum absolute atomic E-state index is 0.632. The van der Waals surface area contributed by atoms with Gasteiger partial charge in [-0.05, 0) is 117 Å². The van der Waals surface area contributed by atoms with Gasteiger partial charge in [-0.3, -0.25) is 4.99 Å². The lowest BCUT2D eigenvalue weighted by atomic mass is 9.76. The van der Waals surface area contributed by atoms with E-state index in [1.54, 1.807) is 5.56 Å². The van der Waals surface area contributed by atoms with E-state index < -0.39 is 0 Å². The van der Waals surface area contributed by atoms with Crippen LogP contribution in [0.1, 0.15) is 97.2 Å². The van der Waals surface area contributed by atoms with Gasteiger partial charge in [0.05, 0.1) is 0 Å². The van der Waals surface area contributed by atoms with Crippen molar-refractivity contribution in [2.24, 2.45) is 16.8 Å². The zero-order chi connectivity index (χ0) is 24.9. The van der Waals surface area contributed by atoms with Crippen molar-refractivity contribution in [3.8, 4) is 0 Å². The summed E-state index contributed by atoms with van der Waals surface area (Å²) in [6.07, 6.45) is 15.0. The molecule has 0 aromatic heterocycles. The summed E-state index contributed by atoms with van der Waals surface area (Å²) in [6.45, 7) is 13.3.